The van der Waals surface area contributed by atoms with E-state index in [1.54, 1.807) is 0 Å². The maximum absolute atomic E-state index is 10.7. The van der Waals surface area contributed by atoms with E-state index in [1.807, 2.05) is 11.8 Å². The fourth-order valence-electron chi connectivity index (χ4n) is 3.64. The lowest BCUT2D eigenvalue weighted by molar-refractivity contribution is 0.0719. The summed E-state index contributed by atoms with van der Waals surface area (Å²) in [6, 6.07) is 8.62. The van der Waals surface area contributed by atoms with Gasteiger partial charge in [-0.05, 0) is 42.7 Å². The van der Waals surface area contributed by atoms with Crippen LogP contribution in [0.5, 0.6) is 0 Å². The minimum absolute atomic E-state index is 0.116. The van der Waals surface area contributed by atoms with Gasteiger partial charge in [-0.1, -0.05) is 44.4 Å². The van der Waals surface area contributed by atoms with Crippen LogP contribution in [0.2, 0.25) is 0 Å². The van der Waals surface area contributed by atoms with Crippen LogP contribution in [-0.4, -0.2) is 16.5 Å². The molecule has 0 spiro atoms. The molecule has 1 saturated carbocycles. The van der Waals surface area contributed by atoms with Gasteiger partial charge in [0.05, 0.1) is 6.10 Å². The summed E-state index contributed by atoms with van der Waals surface area (Å²) in [5, 5.41) is 11.1. The molecule has 1 nitrogen and oxygen atoms in total. The van der Waals surface area contributed by atoms with Crippen LogP contribution in [0.4, 0.5) is 0 Å². The molecule has 3 rings (SSSR count). The molecule has 19 heavy (non-hydrogen) atoms. The molecule has 1 N–H and O–H groups in total. The van der Waals surface area contributed by atoms with Gasteiger partial charge in [-0.25, -0.2) is 0 Å². The topological polar surface area (TPSA) is 20.2 Å². The molecular weight excluding hydrogens is 252 g/mol. The summed E-state index contributed by atoms with van der Waals surface area (Å²) in [5.74, 6) is 1.45. The van der Waals surface area contributed by atoms with Crippen LogP contribution >= 0.6 is 11.8 Å². The maximum Gasteiger partial charge on any atom is 0.0693 e. The Hall–Kier alpha value is -0.470. The first-order valence-corrected chi connectivity index (χ1v) is 8.58. The number of fused-ring (bicyclic) bond motifs is 1. The Morgan fingerprint density at radius 2 is 1.95 bits per heavy atom. The third-order valence-electron chi connectivity index (χ3n) is 5.00. The van der Waals surface area contributed by atoms with Crippen LogP contribution in [0, 0.1) is 11.8 Å². The number of aliphatic hydroxyl groups is 1. The molecule has 104 valence electrons. The van der Waals surface area contributed by atoms with Crippen molar-refractivity contribution in [1.29, 1.82) is 0 Å². The summed E-state index contributed by atoms with van der Waals surface area (Å²) < 4.78 is 0. The van der Waals surface area contributed by atoms with Gasteiger partial charge in [-0.3, -0.25) is 0 Å². The molecular formula is C17H24OS. The Morgan fingerprint density at radius 1 is 1.21 bits per heavy atom. The van der Waals surface area contributed by atoms with Gasteiger partial charge < -0.3 is 5.11 Å². The van der Waals surface area contributed by atoms with Crippen LogP contribution in [0.25, 0.3) is 0 Å². The van der Waals surface area contributed by atoms with Gasteiger partial charge in [0.1, 0.15) is 0 Å². The van der Waals surface area contributed by atoms with Crippen LogP contribution in [0.1, 0.15) is 44.6 Å². The molecule has 1 aliphatic carbocycles. The van der Waals surface area contributed by atoms with E-state index in [9.17, 15) is 5.11 Å². The Morgan fingerprint density at radius 3 is 2.63 bits per heavy atom. The zero-order valence-corrected chi connectivity index (χ0v) is 12.5. The van der Waals surface area contributed by atoms with Crippen LogP contribution < -0.4 is 0 Å². The highest BCUT2D eigenvalue weighted by Crippen LogP contribution is 2.42. The Bertz CT molecular complexity index is 398. The monoisotopic (exact) mass is 276 g/mol. The van der Waals surface area contributed by atoms with Crippen molar-refractivity contribution in [2.24, 2.45) is 11.8 Å². The molecule has 2 heteroatoms. The molecule has 2 atom stereocenters. The number of benzene rings is 1. The van der Waals surface area contributed by atoms with E-state index < -0.39 is 0 Å². The second-order valence-corrected chi connectivity index (χ2v) is 7.43. The first kappa shape index (κ1) is 13.5. The number of rotatable bonds is 3. The Balaban J connectivity index is 1.59. The summed E-state index contributed by atoms with van der Waals surface area (Å²) >= 11 is 1.89. The third-order valence-corrected chi connectivity index (χ3v) is 6.41. The standard InChI is InChI=1S/C17H24OS/c1-2-12-7-9-13(10-8-12)17(18)16-11-14-5-3-4-6-15(14)19-16/h3-6,12-13,16-18H,2,7-11H2,1H3. The van der Waals surface area contributed by atoms with E-state index in [4.69, 9.17) is 0 Å². The number of aliphatic hydroxyl groups excluding tert-OH is 1. The van der Waals surface area contributed by atoms with Crippen molar-refractivity contribution >= 4 is 11.8 Å². The summed E-state index contributed by atoms with van der Waals surface area (Å²) in [6.07, 6.45) is 7.35. The summed E-state index contributed by atoms with van der Waals surface area (Å²) in [5.41, 5.74) is 1.43. The second kappa shape index (κ2) is 5.88. The third kappa shape index (κ3) is 2.85. The van der Waals surface area contributed by atoms with Gasteiger partial charge in [0.25, 0.3) is 0 Å². The first-order valence-electron chi connectivity index (χ1n) is 7.70. The summed E-state index contributed by atoms with van der Waals surface area (Å²) in [4.78, 5) is 1.38. The van der Waals surface area contributed by atoms with Gasteiger partial charge in [0.2, 0.25) is 0 Å². The lowest BCUT2D eigenvalue weighted by Gasteiger charge is -2.33. The molecule has 1 aromatic rings. The summed E-state index contributed by atoms with van der Waals surface area (Å²) in [6.45, 7) is 2.30. The normalized spacial score (nSPS) is 32.0. The zero-order chi connectivity index (χ0) is 13.2. The van der Waals surface area contributed by atoms with E-state index in [0.29, 0.717) is 11.2 Å². The lowest BCUT2D eigenvalue weighted by atomic mass is 9.77. The summed E-state index contributed by atoms with van der Waals surface area (Å²) in [7, 11) is 0. The maximum atomic E-state index is 10.7. The second-order valence-electron chi connectivity index (χ2n) is 6.15. The molecule has 1 fully saturated rings. The molecule has 2 unspecified atom stereocenters. The largest absolute Gasteiger partial charge is 0.392 e. The van der Waals surface area contributed by atoms with E-state index in [-0.39, 0.29) is 6.10 Å². The number of thioether (sulfide) groups is 1. The van der Waals surface area contributed by atoms with E-state index >= 15 is 0 Å². The van der Waals surface area contributed by atoms with E-state index in [1.165, 1.54) is 42.6 Å². The fraction of sp³-hybridized carbons (Fsp3) is 0.647. The highest BCUT2D eigenvalue weighted by molar-refractivity contribution is 8.00. The molecule has 0 amide bonds. The molecule has 1 aromatic carbocycles. The van der Waals surface area contributed by atoms with Crippen LogP contribution in [0.15, 0.2) is 29.2 Å². The van der Waals surface area contributed by atoms with Crippen molar-refractivity contribution in [3.05, 3.63) is 29.8 Å². The van der Waals surface area contributed by atoms with Crippen molar-refractivity contribution in [1.82, 2.24) is 0 Å². The van der Waals surface area contributed by atoms with E-state index in [0.717, 1.165) is 12.3 Å². The molecule has 0 saturated heterocycles. The van der Waals surface area contributed by atoms with Gasteiger partial charge in [-0.2, -0.15) is 0 Å². The van der Waals surface area contributed by atoms with Crippen LogP contribution in [0.3, 0.4) is 0 Å². The molecule has 0 aromatic heterocycles. The van der Waals surface area contributed by atoms with Gasteiger partial charge in [0.15, 0.2) is 0 Å². The molecule has 0 radical (unpaired) electrons. The Labute approximate surface area is 120 Å². The number of hydrogen-bond acceptors (Lipinski definition) is 2. The fourth-order valence-corrected chi connectivity index (χ4v) is 5.05. The highest BCUT2D eigenvalue weighted by atomic mass is 32.2. The molecule has 1 aliphatic heterocycles. The quantitative estimate of drug-likeness (QED) is 0.889. The molecule has 2 aliphatic rings. The Kier molecular flexibility index (Phi) is 4.18. The zero-order valence-electron chi connectivity index (χ0n) is 11.7. The lowest BCUT2D eigenvalue weighted by Crippen LogP contribution is -2.33. The minimum atomic E-state index is -0.116. The smallest absolute Gasteiger partial charge is 0.0693 e. The predicted molar refractivity (Wildman–Crippen MR) is 81.5 cm³/mol. The minimum Gasteiger partial charge on any atom is -0.392 e. The van der Waals surface area contributed by atoms with Crippen molar-refractivity contribution < 1.29 is 5.11 Å². The van der Waals surface area contributed by atoms with Gasteiger partial charge in [0, 0.05) is 10.1 Å². The molecule has 1 heterocycles. The van der Waals surface area contributed by atoms with Crippen LogP contribution in [-0.2, 0) is 6.42 Å². The van der Waals surface area contributed by atoms with Crippen molar-refractivity contribution in [3.63, 3.8) is 0 Å². The van der Waals surface area contributed by atoms with Gasteiger partial charge in [-0.15, -0.1) is 11.8 Å². The SMILES string of the molecule is CCC1CCC(C(O)C2Cc3ccccc3S2)CC1. The average molecular weight is 276 g/mol. The van der Waals surface area contributed by atoms with E-state index in [2.05, 4.69) is 31.2 Å². The van der Waals surface area contributed by atoms with Crippen molar-refractivity contribution in [3.8, 4) is 0 Å². The number of hydrogen-bond donors (Lipinski definition) is 1. The average Bonchev–Trinajstić information content (AvgIpc) is 2.90. The van der Waals surface area contributed by atoms with Crippen molar-refractivity contribution in [2.45, 2.75) is 61.7 Å². The highest BCUT2D eigenvalue weighted by Gasteiger charge is 2.34. The van der Waals surface area contributed by atoms with Crippen molar-refractivity contribution in [2.75, 3.05) is 0 Å². The first-order chi connectivity index (χ1) is 9.28. The van der Waals surface area contributed by atoms with Gasteiger partial charge >= 0.3 is 0 Å². The molecule has 0 bridgehead atoms. The predicted octanol–water partition coefficient (Wildman–Crippen LogP) is 4.28.